The van der Waals surface area contributed by atoms with Crippen molar-refractivity contribution in [3.63, 3.8) is 0 Å². The summed E-state index contributed by atoms with van der Waals surface area (Å²) in [6.45, 7) is 2.67. The Morgan fingerprint density at radius 3 is 2.41 bits per heavy atom. The smallest absolute Gasteiger partial charge is 0.335 e. The summed E-state index contributed by atoms with van der Waals surface area (Å²) in [5, 5.41) is 14.3. The number of anilines is 1. The fourth-order valence-corrected chi connectivity index (χ4v) is 2.40. The lowest BCUT2D eigenvalue weighted by Crippen LogP contribution is -2.26. The van der Waals surface area contributed by atoms with E-state index in [0.717, 1.165) is 0 Å². The summed E-state index contributed by atoms with van der Waals surface area (Å²) in [6.07, 6.45) is 0.704. The zero-order valence-electron chi connectivity index (χ0n) is 15.0. The lowest BCUT2D eigenvalue weighted by atomic mass is 10.2. The molecule has 0 unspecified atom stereocenters. The Morgan fingerprint density at radius 2 is 1.74 bits per heavy atom. The summed E-state index contributed by atoms with van der Waals surface area (Å²) >= 11 is 0. The molecule has 0 saturated heterocycles. The van der Waals surface area contributed by atoms with Crippen LogP contribution in [0.5, 0.6) is 5.75 Å². The van der Waals surface area contributed by atoms with Crippen LogP contribution in [0, 0.1) is 0 Å². The lowest BCUT2D eigenvalue weighted by molar-refractivity contribution is -0.116. The molecule has 0 aliphatic carbocycles. The van der Waals surface area contributed by atoms with Gasteiger partial charge in [-0.1, -0.05) is 12.1 Å². The molecular formula is C20H22N2O5. The third-order valence-electron chi connectivity index (χ3n) is 3.71. The average molecular weight is 370 g/mol. The molecule has 2 amide bonds. The maximum atomic E-state index is 12.2. The Balaban J connectivity index is 1.75. The second-order valence-electron chi connectivity index (χ2n) is 5.72. The van der Waals surface area contributed by atoms with Gasteiger partial charge in [0, 0.05) is 18.7 Å². The quantitative estimate of drug-likeness (QED) is 0.589. The van der Waals surface area contributed by atoms with Crippen molar-refractivity contribution in [2.24, 2.45) is 0 Å². The fourth-order valence-electron chi connectivity index (χ4n) is 2.40. The van der Waals surface area contributed by atoms with Crippen molar-refractivity contribution in [3.8, 4) is 5.75 Å². The first-order chi connectivity index (χ1) is 13.0. The van der Waals surface area contributed by atoms with E-state index >= 15 is 0 Å². The minimum atomic E-state index is -1.02. The highest BCUT2D eigenvalue weighted by Crippen LogP contribution is 2.17. The number of ether oxygens (including phenoxy) is 1. The van der Waals surface area contributed by atoms with Crippen molar-refractivity contribution in [2.75, 3.05) is 18.5 Å². The molecule has 0 fully saturated rings. The van der Waals surface area contributed by atoms with Crippen LogP contribution in [0.3, 0.4) is 0 Å². The van der Waals surface area contributed by atoms with E-state index in [0.29, 0.717) is 36.6 Å². The summed E-state index contributed by atoms with van der Waals surface area (Å²) in [4.78, 5) is 34.9. The molecule has 0 radical (unpaired) electrons. The van der Waals surface area contributed by atoms with Gasteiger partial charge >= 0.3 is 5.97 Å². The molecule has 2 aromatic carbocycles. The van der Waals surface area contributed by atoms with Crippen molar-refractivity contribution in [3.05, 3.63) is 59.7 Å². The van der Waals surface area contributed by atoms with E-state index in [-0.39, 0.29) is 23.8 Å². The number of rotatable bonds is 9. The first-order valence-corrected chi connectivity index (χ1v) is 8.64. The Morgan fingerprint density at radius 1 is 1.04 bits per heavy atom. The van der Waals surface area contributed by atoms with E-state index in [1.807, 2.05) is 6.92 Å². The maximum absolute atomic E-state index is 12.2. The van der Waals surface area contributed by atoms with E-state index in [4.69, 9.17) is 9.84 Å². The number of carboxylic acids is 1. The number of carbonyl (C=O) groups is 3. The number of amides is 2. The standard InChI is InChI=1S/C20H22N2O5/c1-2-27-17-7-4-3-6-16(17)19(24)21-13-5-8-18(23)22-15-11-9-14(10-12-15)20(25)26/h3-4,6-7,9-12H,2,5,8,13H2,1H3,(H,21,24)(H,22,23)(H,25,26). The SMILES string of the molecule is CCOc1ccccc1C(=O)NCCCC(=O)Nc1ccc(C(=O)O)cc1. The zero-order valence-corrected chi connectivity index (χ0v) is 15.0. The summed E-state index contributed by atoms with van der Waals surface area (Å²) < 4.78 is 5.43. The minimum Gasteiger partial charge on any atom is -0.493 e. The van der Waals surface area contributed by atoms with E-state index in [1.165, 1.54) is 24.3 Å². The number of hydrogen-bond donors (Lipinski definition) is 3. The van der Waals surface area contributed by atoms with Crippen LogP contribution in [0.15, 0.2) is 48.5 Å². The van der Waals surface area contributed by atoms with Gasteiger partial charge in [0.25, 0.3) is 5.91 Å². The molecule has 2 rings (SSSR count). The Hall–Kier alpha value is -3.35. The van der Waals surface area contributed by atoms with Crippen LogP contribution in [0.4, 0.5) is 5.69 Å². The predicted octanol–water partition coefficient (Wildman–Crippen LogP) is 2.93. The van der Waals surface area contributed by atoms with Gasteiger partial charge in [-0.2, -0.15) is 0 Å². The van der Waals surface area contributed by atoms with E-state index in [9.17, 15) is 14.4 Å². The monoisotopic (exact) mass is 370 g/mol. The van der Waals surface area contributed by atoms with E-state index in [1.54, 1.807) is 24.3 Å². The van der Waals surface area contributed by atoms with Gasteiger partial charge in [-0.3, -0.25) is 9.59 Å². The highest BCUT2D eigenvalue weighted by molar-refractivity contribution is 5.97. The van der Waals surface area contributed by atoms with Crippen LogP contribution >= 0.6 is 0 Å². The van der Waals surface area contributed by atoms with Gasteiger partial charge < -0.3 is 20.5 Å². The van der Waals surface area contributed by atoms with Gasteiger partial charge in [0.2, 0.25) is 5.91 Å². The van der Waals surface area contributed by atoms with Gasteiger partial charge in [-0.05, 0) is 49.7 Å². The number of nitrogens with one attached hydrogen (secondary N) is 2. The van der Waals surface area contributed by atoms with Crippen LogP contribution in [0.2, 0.25) is 0 Å². The van der Waals surface area contributed by atoms with Crippen LogP contribution in [-0.4, -0.2) is 36.0 Å². The minimum absolute atomic E-state index is 0.156. The predicted molar refractivity (Wildman–Crippen MR) is 101 cm³/mol. The van der Waals surface area contributed by atoms with Crippen molar-refractivity contribution >= 4 is 23.5 Å². The summed E-state index contributed by atoms with van der Waals surface area (Å²) in [7, 11) is 0. The van der Waals surface area contributed by atoms with Crippen molar-refractivity contribution in [1.82, 2.24) is 5.32 Å². The maximum Gasteiger partial charge on any atom is 0.335 e. The molecule has 0 heterocycles. The Kier molecular flexibility index (Phi) is 7.37. The molecule has 0 aromatic heterocycles. The number of benzene rings is 2. The number of hydrogen-bond acceptors (Lipinski definition) is 4. The topological polar surface area (TPSA) is 105 Å². The van der Waals surface area contributed by atoms with E-state index in [2.05, 4.69) is 10.6 Å². The summed E-state index contributed by atoms with van der Waals surface area (Å²) in [6, 6.07) is 12.9. The molecule has 0 bridgehead atoms. The van der Waals surface area contributed by atoms with Crippen LogP contribution in [0.1, 0.15) is 40.5 Å². The van der Waals surface area contributed by atoms with Crippen molar-refractivity contribution in [1.29, 1.82) is 0 Å². The molecule has 0 aliphatic heterocycles. The third kappa shape index (κ3) is 6.14. The Labute approximate surface area is 157 Å². The lowest BCUT2D eigenvalue weighted by Gasteiger charge is -2.10. The third-order valence-corrected chi connectivity index (χ3v) is 3.71. The van der Waals surface area contributed by atoms with Crippen LogP contribution < -0.4 is 15.4 Å². The number of carbonyl (C=O) groups excluding carboxylic acids is 2. The number of para-hydroxylation sites is 1. The van der Waals surface area contributed by atoms with Crippen LogP contribution in [-0.2, 0) is 4.79 Å². The summed E-state index contributed by atoms with van der Waals surface area (Å²) in [5.74, 6) is -0.944. The highest BCUT2D eigenvalue weighted by atomic mass is 16.5. The first-order valence-electron chi connectivity index (χ1n) is 8.64. The molecule has 7 heteroatoms. The van der Waals surface area contributed by atoms with Crippen LogP contribution in [0.25, 0.3) is 0 Å². The fraction of sp³-hybridized carbons (Fsp3) is 0.250. The molecule has 0 saturated carbocycles. The summed E-state index contributed by atoms with van der Waals surface area (Å²) in [5.41, 5.74) is 1.14. The van der Waals surface area contributed by atoms with E-state index < -0.39 is 5.97 Å². The van der Waals surface area contributed by atoms with Gasteiger partial charge in [0.15, 0.2) is 0 Å². The average Bonchev–Trinajstić information content (AvgIpc) is 2.66. The highest BCUT2D eigenvalue weighted by Gasteiger charge is 2.11. The van der Waals surface area contributed by atoms with Gasteiger partial charge in [-0.25, -0.2) is 4.79 Å². The van der Waals surface area contributed by atoms with Crippen molar-refractivity contribution < 1.29 is 24.2 Å². The molecular weight excluding hydrogens is 348 g/mol. The van der Waals surface area contributed by atoms with Crippen molar-refractivity contribution in [2.45, 2.75) is 19.8 Å². The number of carboxylic acid groups (broad SMARTS) is 1. The second-order valence-corrected chi connectivity index (χ2v) is 5.72. The first kappa shape index (κ1) is 20.0. The molecule has 27 heavy (non-hydrogen) atoms. The zero-order chi connectivity index (χ0) is 19.6. The molecule has 3 N–H and O–H groups in total. The molecule has 7 nitrogen and oxygen atoms in total. The normalized spacial score (nSPS) is 10.1. The molecule has 142 valence electrons. The Bertz CT molecular complexity index is 802. The molecule has 0 atom stereocenters. The number of aromatic carboxylic acids is 1. The molecule has 0 aliphatic rings. The van der Waals surface area contributed by atoms with Gasteiger partial charge in [0.05, 0.1) is 17.7 Å². The molecule has 2 aromatic rings. The van der Waals surface area contributed by atoms with Gasteiger partial charge in [0.1, 0.15) is 5.75 Å². The molecule has 0 spiro atoms. The van der Waals surface area contributed by atoms with Gasteiger partial charge in [-0.15, -0.1) is 0 Å². The second kappa shape index (κ2) is 9.96. The largest absolute Gasteiger partial charge is 0.493 e.